The quantitative estimate of drug-likeness (QED) is 0.659. The van der Waals surface area contributed by atoms with E-state index < -0.39 is 0 Å². The van der Waals surface area contributed by atoms with Gasteiger partial charge in [0, 0.05) is 26.6 Å². The Labute approximate surface area is 107 Å². The highest BCUT2D eigenvalue weighted by molar-refractivity contribution is 5.74. The molecule has 0 radical (unpaired) electrons. The van der Waals surface area contributed by atoms with Crippen molar-refractivity contribution in [3.05, 3.63) is 35.9 Å². The summed E-state index contributed by atoms with van der Waals surface area (Å²) < 4.78 is 0. The molecule has 18 heavy (non-hydrogen) atoms. The van der Waals surface area contributed by atoms with E-state index in [0.29, 0.717) is 19.6 Å². The molecule has 5 heteroatoms. The molecule has 0 aliphatic rings. The van der Waals surface area contributed by atoms with Gasteiger partial charge >= 0.3 is 6.03 Å². The van der Waals surface area contributed by atoms with Crippen molar-refractivity contribution >= 4 is 11.9 Å². The van der Waals surface area contributed by atoms with Gasteiger partial charge in [-0.1, -0.05) is 30.3 Å². The molecule has 0 unspecified atom stereocenters. The Hall–Kier alpha value is -2.04. The largest absolute Gasteiger partial charge is 0.356 e. The Bertz CT molecular complexity index is 379. The molecule has 1 rings (SSSR count). The first-order valence-electron chi connectivity index (χ1n) is 5.98. The summed E-state index contributed by atoms with van der Waals surface area (Å²) in [5.74, 6) is -0.0523. The van der Waals surface area contributed by atoms with Gasteiger partial charge in [0.15, 0.2) is 0 Å². The summed E-state index contributed by atoms with van der Waals surface area (Å²) in [4.78, 5) is 22.0. The van der Waals surface area contributed by atoms with Crippen molar-refractivity contribution in [2.24, 2.45) is 0 Å². The number of hydrogen-bond acceptors (Lipinski definition) is 2. The number of benzene rings is 1. The molecule has 0 heterocycles. The highest BCUT2D eigenvalue weighted by atomic mass is 16.2. The molecule has 0 aromatic heterocycles. The SMILES string of the molecule is CC(=O)NCCCNC(=O)NCc1ccccc1. The van der Waals surface area contributed by atoms with Crippen molar-refractivity contribution in [2.75, 3.05) is 13.1 Å². The van der Waals surface area contributed by atoms with E-state index in [4.69, 9.17) is 0 Å². The van der Waals surface area contributed by atoms with Crippen LogP contribution in [0.5, 0.6) is 0 Å². The lowest BCUT2D eigenvalue weighted by Crippen LogP contribution is -2.36. The summed E-state index contributed by atoms with van der Waals surface area (Å²) in [5, 5.41) is 8.15. The van der Waals surface area contributed by atoms with E-state index in [1.165, 1.54) is 6.92 Å². The number of amides is 3. The standard InChI is InChI=1S/C13H19N3O2/c1-11(17)14-8-5-9-15-13(18)16-10-12-6-3-2-4-7-12/h2-4,6-7H,5,8-10H2,1H3,(H,14,17)(H2,15,16,18). The number of rotatable bonds is 6. The lowest BCUT2D eigenvalue weighted by Gasteiger charge is -2.07. The van der Waals surface area contributed by atoms with E-state index in [-0.39, 0.29) is 11.9 Å². The van der Waals surface area contributed by atoms with E-state index in [1.54, 1.807) is 0 Å². The lowest BCUT2D eigenvalue weighted by molar-refractivity contribution is -0.118. The van der Waals surface area contributed by atoms with E-state index in [0.717, 1.165) is 12.0 Å². The van der Waals surface area contributed by atoms with Gasteiger partial charge in [-0.25, -0.2) is 4.79 Å². The molecular weight excluding hydrogens is 230 g/mol. The summed E-state index contributed by atoms with van der Waals surface area (Å²) in [5.41, 5.74) is 1.06. The minimum atomic E-state index is -0.193. The fourth-order valence-electron chi connectivity index (χ4n) is 1.40. The smallest absolute Gasteiger partial charge is 0.315 e. The highest BCUT2D eigenvalue weighted by Gasteiger charge is 1.99. The van der Waals surface area contributed by atoms with E-state index in [9.17, 15) is 9.59 Å². The maximum atomic E-state index is 11.4. The Morgan fingerprint density at radius 3 is 2.33 bits per heavy atom. The zero-order chi connectivity index (χ0) is 13.2. The fourth-order valence-corrected chi connectivity index (χ4v) is 1.40. The van der Waals surface area contributed by atoms with Crippen LogP contribution in [0.3, 0.4) is 0 Å². The van der Waals surface area contributed by atoms with E-state index in [1.807, 2.05) is 30.3 Å². The monoisotopic (exact) mass is 249 g/mol. The lowest BCUT2D eigenvalue weighted by atomic mass is 10.2. The molecule has 0 bridgehead atoms. The minimum Gasteiger partial charge on any atom is -0.356 e. The van der Waals surface area contributed by atoms with Gasteiger partial charge in [0.25, 0.3) is 0 Å². The van der Waals surface area contributed by atoms with Gasteiger partial charge in [-0.05, 0) is 12.0 Å². The Kier molecular flexibility index (Phi) is 6.32. The van der Waals surface area contributed by atoms with Gasteiger partial charge in [0.2, 0.25) is 5.91 Å². The third-order valence-electron chi connectivity index (χ3n) is 2.31. The third kappa shape index (κ3) is 6.52. The van der Waals surface area contributed by atoms with Crippen LogP contribution in [0, 0.1) is 0 Å². The summed E-state index contributed by atoms with van der Waals surface area (Å²) in [7, 11) is 0. The molecule has 5 nitrogen and oxygen atoms in total. The van der Waals surface area contributed by atoms with Crippen LogP contribution in [0.2, 0.25) is 0 Å². The Balaban J connectivity index is 2.06. The second-order valence-electron chi connectivity index (χ2n) is 3.93. The molecule has 0 aliphatic carbocycles. The molecule has 0 saturated carbocycles. The average molecular weight is 249 g/mol. The molecular formula is C13H19N3O2. The summed E-state index contributed by atoms with van der Waals surface area (Å²) in [6, 6.07) is 9.52. The molecule has 1 aromatic rings. The zero-order valence-corrected chi connectivity index (χ0v) is 10.5. The topological polar surface area (TPSA) is 70.2 Å². The number of nitrogens with one attached hydrogen (secondary N) is 3. The van der Waals surface area contributed by atoms with Gasteiger partial charge in [-0.2, -0.15) is 0 Å². The van der Waals surface area contributed by atoms with Gasteiger partial charge in [0.05, 0.1) is 0 Å². The maximum absolute atomic E-state index is 11.4. The predicted octanol–water partition coefficient (Wildman–Crippen LogP) is 1.01. The van der Waals surface area contributed by atoms with Gasteiger partial charge < -0.3 is 16.0 Å². The van der Waals surface area contributed by atoms with Crippen molar-refractivity contribution in [2.45, 2.75) is 19.9 Å². The maximum Gasteiger partial charge on any atom is 0.315 e. The molecule has 0 saturated heterocycles. The van der Waals surface area contributed by atoms with Crippen LogP contribution in [0.1, 0.15) is 18.9 Å². The molecule has 0 atom stereocenters. The van der Waals surface area contributed by atoms with Crippen molar-refractivity contribution < 1.29 is 9.59 Å². The average Bonchev–Trinajstić information content (AvgIpc) is 2.37. The van der Waals surface area contributed by atoms with Gasteiger partial charge in [-0.15, -0.1) is 0 Å². The summed E-state index contributed by atoms with van der Waals surface area (Å²) in [6.07, 6.45) is 0.721. The summed E-state index contributed by atoms with van der Waals surface area (Å²) in [6.45, 7) is 3.10. The Morgan fingerprint density at radius 1 is 1.00 bits per heavy atom. The first-order chi connectivity index (χ1) is 8.68. The van der Waals surface area contributed by atoms with Crippen molar-refractivity contribution in [1.82, 2.24) is 16.0 Å². The van der Waals surface area contributed by atoms with Crippen molar-refractivity contribution in [1.29, 1.82) is 0 Å². The van der Waals surface area contributed by atoms with Crippen LogP contribution in [0.25, 0.3) is 0 Å². The number of carbonyl (C=O) groups is 2. The molecule has 0 spiro atoms. The molecule has 1 aromatic carbocycles. The second kappa shape index (κ2) is 8.11. The minimum absolute atomic E-state index is 0.0523. The normalized spacial score (nSPS) is 9.61. The van der Waals surface area contributed by atoms with Crippen LogP contribution in [-0.2, 0) is 11.3 Å². The van der Waals surface area contributed by atoms with Gasteiger partial charge in [0.1, 0.15) is 0 Å². The van der Waals surface area contributed by atoms with Crippen LogP contribution >= 0.6 is 0 Å². The van der Waals surface area contributed by atoms with E-state index in [2.05, 4.69) is 16.0 Å². The van der Waals surface area contributed by atoms with E-state index >= 15 is 0 Å². The molecule has 0 fully saturated rings. The van der Waals surface area contributed by atoms with Crippen LogP contribution in [0.15, 0.2) is 30.3 Å². The predicted molar refractivity (Wildman–Crippen MR) is 70.0 cm³/mol. The molecule has 0 aliphatic heterocycles. The summed E-state index contributed by atoms with van der Waals surface area (Å²) >= 11 is 0. The number of urea groups is 1. The number of hydrogen-bond donors (Lipinski definition) is 3. The van der Waals surface area contributed by atoms with Gasteiger partial charge in [-0.3, -0.25) is 4.79 Å². The Morgan fingerprint density at radius 2 is 1.67 bits per heavy atom. The highest BCUT2D eigenvalue weighted by Crippen LogP contribution is 1.96. The molecule has 3 amide bonds. The van der Waals surface area contributed by atoms with Crippen molar-refractivity contribution in [3.8, 4) is 0 Å². The first kappa shape index (κ1) is 14.0. The first-order valence-corrected chi connectivity index (χ1v) is 5.98. The zero-order valence-electron chi connectivity index (χ0n) is 10.5. The molecule has 98 valence electrons. The number of carbonyl (C=O) groups excluding carboxylic acids is 2. The van der Waals surface area contributed by atoms with Crippen LogP contribution in [0.4, 0.5) is 4.79 Å². The fraction of sp³-hybridized carbons (Fsp3) is 0.385. The van der Waals surface area contributed by atoms with Crippen molar-refractivity contribution in [3.63, 3.8) is 0 Å². The third-order valence-corrected chi connectivity index (χ3v) is 2.31. The molecule has 3 N–H and O–H groups in total. The van der Waals surface area contributed by atoms with Crippen LogP contribution < -0.4 is 16.0 Å². The van der Waals surface area contributed by atoms with Crippen LogP contribution in [-0.4, -0.2) is 25.0 Å². The second-order valence-corrected chi connectivity index (χ2v) is 3.93.